The number of rotatable bonds is 2. The van der Waals surface area contributed by atoms with Crippen LogP contribution in [-0.2, 0) is 9.53 Å². The van der Waals surface area contributed by atoms with E-state index < -0.39 is 12.2 Å². The Kier molecular flexibility index (Phi) is 3.56. The Bertz CT molecular complexity index is 716. The minimum absolute atomic E-state index is 0.0697. The SMILES string of the molecule is O=C([C@@H]1C[C@@H](F)CN1c1ncnc2nc[nH]c12)N1CCOCC1. The third-order valence-electron chi connectivity index (χ3n) is 4.33. The molecule has 0 radical (unpaired) electrons. The van der Waals surface area contributed by atoms with Gasteiger partial charge in [-0.15, -0.1) is 0 Å². The second-order valence-corrected chi connectivity index (χ2v) is 5.74. The fourth-order valence-corrected chi connectivity index (χ4v) is 3.22. The van der Waals surface area contributed by atoms with Gasteiger partial charge < -0.3 is 19.5 Å². The number of amides is 1. The van der Waals surface area contributed by atoms with E-state index in [0.717, 1.165) is 0 Å². The van der Waals surface area contributed by atoms with E-state index >= 15 is 0 Å². The molecule has 2 saturated heterocycles. The van der Waals surface area contributed by atoms with Crippen molar-refractivity contribution in [2.75, 3.05) is 37.7 Å². The number of H-pyrrole nitrogens is 1. The van der Waals surface area contributed by atoms with Crippen molar-refractivity contribution in [2.45, 2.75) is 18.6 Å². The number of nitrogens with zero attached hydrogens (tertiary/aromatic N) is 5. The van der Waals surface area contributed by atoms with Crippen LogP contribution in [-0.4, -0.2) is 75.8 Å². The highest BCUT2D eigenvalue weighted by atomic mass is 19.1. The molecule has 2 fully saturated rings. The van der Waals surface area contributed by atoms with Crippen LogP contribution in [0, 0.1) is 0 Å². The number of imidazole rings is 1. The summed E-state index contributed by atoms with van der Waals surface area (Å²) < 4.78 is 19.3. The molecule has 0 saturated carbocycles. The van der Waals surface area contributed by atoms with Gasteiger partial charge in [-0.1, -0.05) is 0 Å². The number of morpholine rings is 1. The summed E-state index contributed by atoms with van der Waals surface area (Å²) in [6.45, 7) is 2.28. The molecule has 122 valence electrons. The highest BCUT2D eigenvalue weighted by Crippen LogP contribution is 2.30. The molecule has 9 heteroatoms. The van der Waals surface area contributed by atoms with Crippen molar-refractivity contribution in [1.82, 2.24) is 24.8 Å². The smallest absolute Gasteiger partial charge is 0.245 e. The van der Waals surface area contributed by atoms with Gasteiger partial charge in [-0.3, -0.25) is 4.79 Å². The van der Waals surface area contributed by atoms with Crippen molar-refractivity contribution < 1.29 is 13.9 Å². The summed E-state index contributed by atoms with van der Waals surface area (Å²) in [5, 5.41) is 0. The van der Waals surface area contributed by atoms with E-state index in [1.54, 1.807) is 9.80 Å². The molecule has 0 unspecified atom stereocenters. The van der Waals surface area contributed by atoms with Gasteiger partial charge >= 0.3 is 0 Å². The lowest BCUT2D eigenvalue weighted by atomic mass is 10.1. The van der Waals surface area contributed by atoms with Gasteiger partial charge in [0.1, 0.15) is 24.1 Å². The third-order valence-corrected chi connectivity index (χ3v) is 4.33. The first-order chi connectivity index (χ1) is 11.2. The van der Waals surface area contributed by atoms with Gasteiger partial charge in [0.15, 0.2) is 11.5 Å². The maximum absolute atomic E-state index is 14.1. The molecule has 4 rings (SSSR count). The van der Waals surface area contributed by atoms with Crippen LogP contribution in [0.15, 0.2) is 12.7 Å². The van der Waals surface area contributed by atoms with E-state index in [0.29, 0.717) is 43.3 Å². The molecule has 2 aromatic rings. The first-order valence-corrected chi connectivity index (χ1v) is 7.65. The highest BCUT2D eigenvalue weighted by molar-refractivity contribution is 5.90. The third kappa shape index (κ3) is 2.50. The lowest BCUT2D eigenvalue weighted by Crippen LogP contribution is -2.50. The molecule has 23 heavy (non-hydrogen) atoms. The molecule has 0 aromatic carbocycles. The van der Waals surface area contributed by atoms with Crippen molar-refractivity contribution >= 4 is 22.9 Å². The number of aromatic nitrogens is 4. The highest BCUT2D eigenvalue weighted by Gasteiger charge is 2.40. The molecule has 1 N–H and O–H groups in total. The monoisotopic (exact) mass is 320 g/mol. The zero-order valence-electron chi connectivity index (χ0n) is 12.5. The van der Waals surface area contributed by atoms with Crippen molar-refractivity contribution in [3.05, 3.63) is 12.7 Å². The summed E-state index contributed by atoms with van der Waals surface area (Å²) in [5.74, 6) is 0.457. The molecule has 0 aliphatic carbocycles. The number of alkyl halides is 1. The first kappa shape index (κ1) is 14.3. The number of hydrogen-bond donors (Lipinski definition) is 1. The molecule has 2 atom stereocenters. The predicted molar refractivity (Wildman–Crippen MR) is 79.7 cm³/mol. The van der Waals surface area contributed by atoms with Gasteiger partial charge in [-0.2, -0.15) is 0 Å². The van der Waals surface area contributed by atoms with Gasteiger partial charge in [0, 0.05) is 19.5 Å². The van der Waals surface area contributed by atoms with Gasteiger partial charge in [-0.25, -0.2) is 19.3 Å². The average molecular weight is 320 g/mol. The van der Waals surface area contributed by atoms with Crippen LogP contribution in [0.1, 0.15) is 6.42 Å². The summed E-state index contributed by atoms with van der Waals surface area (Å²) in [6.07, 6.45) is 2.03. The second kappa shape index (κ2) is 5.73. The number of hydrogen-bond acceptors (Lipinski definition) is 6. The minimum Gasteiger partial charge on any atom is -0.378 e. The number of carbonyl (C=O) groups excluding carboxylic acids is 1. The van der Waals surface area contributed by atoms with Gasteiger partial charge in [-0.05, 0) is 0 Å². The van der Waals surface area contributed by atoms with Crippen molar-refractivity contribution in [3.8, 4) is 0 Å². The Balaban J connectivity index is 1.66. The number of ether oxygens (including phenoxy) is 1. The number of aromatic amines is 1. The minimum atomic E-state index is -1.06. The molecular formula is C14H17FN6O2. The number of halogens is 1. The molecule has 0 bridgehead atoms. The lowest BCUT2D eigenvalue weighted by Gasteiger charge is -2.32. The molecule has 1 amide bonds. The Morgan fingerprint density at radius 2 is 2.13 bits per heavy atom. The first-order valence-electron chi connectivity index (χ1n) is 7.65. The fraction of sp³-hybridized carbons (Fsp3) is 0.571. The van der Waals surface area contributed by atoms with Crippen molar-refractivity contribution in [3.63, 3.8) is 0 Å². The maximum Gasteiger partial charge on any atom is 0.245 e. The summed E-state index contributed by atoms with van der Waals surface area (Å²) in [4.78, 5) is 31.6. The predicted octanol–water partition coefficient (Wildman–Crippen LogP) is 0.128. The summed E-state index contributed by atoms with van der Waals surface area (Å²) in [6, 6.07) is -0.551. The number of carbonyl (C=O) groups is 1. The van der Waals surface area contributed by atoms with Crippen LogP contribution in [0.3, 0.4) is 0 Å². The molecular weight excluding hydrogens is 303 g/mol. The van der Waals surface area contributed by atoms with E-state index in [1.807, 2.05) is 0 Å². The standard InChI is InChI=1S/C14H17FN6O2/c15-9-5-10(14(22)20-1-3-23-4-2-20)21(6-9)13-11-12(17-7-16-11)18-8-19-13/h7-10H,1-6H2,(H,16,17,18,19)/t9-,10+/m1/s1. The Morgan fingerprint density at radius 1 is 1.30 bits per heavy atom. The fourth-order valence-electron chi connectivity index (χ4n) is 3.22. The van der Waals surface area contributed by atoms with E-state index in [4.69, 9.17) is 4.74 Å². The van der Waals surface area contributed by atoms with Crippen LogP contribution in [0.4, 0.5) is 10.2 Å². The molecule has 0 spiro atoms. The van der Waals surface area contributed by atoms with E-state index in [2.05, 4.69) is 19.9 Å². The molecule has 2 aromatic heterocycles. The van der Waals surface area contributed by atoms with Crippen LogP contribution < -0.4 is 4.90 Å². The quantitative estimate of drug-likeness (QED) is 0.846. The van der Waals surface area contributed by atoms with E-state index in [1.165, 1.54) is 12.7 Å². The van der Waals surface area contributed by atoms with Crippen LogP contribution in [0.2, 0.25) is 0 Å². The van der Waals surface area contributed by atoms with Crippen LogP contribution in [0.25, 0.3) is 11.2 Å². The average Bonchev–Trinajstić information content (AvgIpc) is 3.21. The Labute approximate surface area is 131 Å². The van der Waals surface area contributed by atoms with E-state index in [9.17, 15) is 9.18 Å². The number of nitrogens with one attached hydrogen (secondary N) is 1. The zero-order valence-corrected chi connectivity index (χ0v) is 12.5. The number of anilines is 1. The van der Waals surface area contributed by atoms with Gasteiger partial charge in [0.05, 0.1) is 26.1 Å². The molecule has 8 nitrogen and oxygen atoms in total. The lowest BCUT2D eigenvalue weighted by molar-refractivity contribution is -0.136. The van der Waals surface area contributed by atoms with Gasteiger partial charge in [0.25, 0.3) is 0 Å². The Morgan fingerprint density at radius 3 is 2.96 bits per heavy atom. The van der Waals surface area contributed by atoms with E-state index in [-0.39, 0.29) is 18.9 Å². The molecule has 2 aliphatic heterocycles. The summed E-state index contributed by atoms with van der Waals surface area (Å²) >= 11 is 0. The molecule has 4 heterocycles. The van der Waals surface area contributed by atoms with Crippen molar-refractivity contribution in [1.29, 1.82) is 0 Å². The molecule has 2 aliphatic rings. The van der Waals surface area contributed by atoms with Crippen molar-refractivity contribution in [2.24, 2.45) is 0 Å². The van der Waals surface area contributed by atoms with Crippen LogP contribution in [0.5, 0.6) is 0 Å². The summed E-state index contributed by atoms with van der Waals surface area (Å²) in [7, 11) is 0. The number of fused-ring (bicyclic) bond motifs is 1. The zero-order chi connectivity index (χ0) is 15.8. The Hall–Kier alpha value is -2.29. The topological polar surface area (TPSA) is 87.2 Å². The normalized spacial score (nSPS) is 25.3. The summed E-state index contributed by atoms with van der Waals surface area (Å²) in [5.41, 5.74) is 1.14. The second-order valence-electron chi connectivity index (χ2n) is 5.74. The van der Waals surface area contributed by atoms with Crippen LogP contribution >= 0.6 is 0 Å². The van der Waals surface area contributed by atoms with Gasteiger partial charge in [0.2, 0.25) is 5.91 Å². The maximum atomic E-state index is 14.1. The largest absolute Gasteiger partial charge is 0.378 e.